The van der Waals surface area contributed by atoms with Crippen molar-refractivity contribution in [3.8, 4) is 11.5 Å². The van der Waals surface area contributed by atoms with Crippen molar-refractivity contribution in [3.63, 3.8) is 0 Å². The van der Waals surface area contributed by atoms with Gasteiger partial charge in [0.1, 0.15) is 10.7 Å². The number of nitrogens with one attached hydrogen (secondary N) is 1. The van der Waals surface area contributed by atoms with Crippen LogP contribution in [-0.4, -0.2) is 33.0 Å². The van der Waals surface area contributed by atoms with Crippen molar-refractivity contribution in [2.24, 2.45) is 0 Å². The predicted octanol–water partition coefficient (Wildman–Crippen LogP) is 2.60. The van der Waals surface area contributed by atoms with E-state index in [-0.39, 0.29) is 17.1 Å². The summed E-state index contributed by atoms with van der Waals surface area (Å²) in [7, 11) is -3.34. The first-order valence-corrected chi connectivity index (χ1v) is 9.46. The first-order valence-electron chi connectivity index (χ1n) is 7.56. The number of benzene rings is 1. The molecule has 0 fully saturated rings. The van der Waals surface area contributed by atoms with Crippen LogP contribution in [0.5, 0.6) is 11.5 Å². The number of fused-ring (bicyclic) bond motifs is 1. The van der Waals surface area contributed by atoms with Crippen LogP contribution in [0.25, 0.3) is 0 Å². The molecule has 1 aromatic heterocycles. The summed E-state index contributed by atoms with van der Waals surface area (Å²) < 4.78 is 34.5. The normalized spacial score (nSPS) is 13.8. The zero-order chi connectivity index (χ0) is 17.4. The Morgan fingerprint density at radius 2 is 1.96 bits per heavy atom. The Bertz CT molecular complexity index is 863. The summed E-state index contributed by atoms with van der Waals surface area (Å²) in [6.45, 7) is 4.90. The molecule has 2 aromatic rings. The number of hydrogen-bond donors (Lipinski definition) is 1. The van der Waals surface area contributed by atoms with Crippen LogP contribution in [0.4, 0.5) is 5.82 Å². The molecule has 0 bridgehead atoms. The zero-order valence-corrected chi connectivity index (χ0v) is 14.7. The highest BCUT2D eigenvalue weighted by Gasteiger charge is 2.25. The quantitative estimate of drug-likeness (QED) is 0.895. The van der Waals surface area contributed by atoms with E-state index in [2.05, 4.69) is 24.1 Å². The lowest BCUT2D eigenvalue weighted by Crippen LogP contribution is -2.28. The lowest BCUT2D eigenvalue weighted by Gasteiger charge is -2.26. The standard InChI is InChI=1S/C17H20N2O4S/c1-17(2,12-6-7-13-14(9-12)23-11-22-13)10-19-16-15(24(3,20)21)5-4-8-18-16/h4-9H,10-11H2,1-3H3,(H,18,19). The van der Waals surface area contributed by atoms with Gasteiger partial charge in [-0.25, -0.2) is 13.4 Å². The maximum absolute atomic E-state index is 11.9. The smallest absolute Gasteiger partial charge is 0.231 e. The SMILES string of the molecule is CC(C)(CNc1ncccc1S(C)(=O)=O)c1ccc2c(c1)OCO2. The summed E-state index contributed by atoms with van der Waals surface area (Å²) in [4.78, 5) is 4.37. The van der Waals surface area contributed by atoms with E-state index >= 15 is 0 Å². The Kier molecular flexibility index (Phi) is 4.13. The van der Waals surface area contributed by atoms with E-state index in [0.29, 0.717) is 12.4 Å². The second kappa shape index (κ2) is 5.98. The van der Waals surface area contributed by atoms with E-state index in [1.165, 1.54) is 6.26 Å². The minimum Gasteiger partial charge on any atom is -0.454 e. The van der Waals surface area contributed by atoms with Crippen molar-refractivity contribution in [2.75, 3.05) is 24.9 Å². The molecule has 7 heteroatoms. The average Bonchev–Trinajstić information content (AvgIpc) is 3.00. The van der Waals surface area contributed by atoms with Crippen LogP contribution >= 0.6 is 0 Å². The second-order valence-electron chi connectivity index (χ2n) is 6.43. The fourth-order valence-electron chi connectivity index (χ4n) is 2.55. The molecule has 1 aliphatic heterocycles. The summed E-state index contributed by atoms with van der Waals surface area (Å²) in [6, 6.07) is 9.01. The summed E-state index contributed by atoms with van der Waals surface area (Å²) in [6.07, 6.45) is 2.75. The van der Waals surface area contributed by atoms with E-state index in [0.717, 1.165) is 17.1 Å². The lowest BCUT2D eigenvalue weighted by molar-refractivity contribution is 0.174. The molecule has 128 valence electrons. The molecule has 0 atom stereocenters. The molecule has 0 saturated carbocycles. The predicted molar refractivity (Wildman–Crippen MR) is 91.4 cm³/mol. The maximum Gasteiger partial charge on any atom is 0.231 e. The molecule has 1 N–H and O–H groups in total. The number of anilines is 1. The molecule has 0 spiro atoms. The molecule has 0 aliphatic carbocycles. The number of rotatable bonds is 5. The summed E-state index contributed by atoms with van der Waals surface area (Å²) >= 11 is 0. The van der Waals surface area contributed by atoms with E-state index in [1.807, 2.05) is 18.2 Å². The van der Waals surface area contributed by atoms with Crippen molar-refractivity contribution in [1.82, 2.24) is 4.98 Å². The molecular weight excluding hydrogens is 328 g/mol. The molecule has 0 saturated heterocycles. The first kappa shape index (κ1) is 16.6. The lowest BCUT2D eigenvalue weighted by atomic mass is 9.84. The summed E-state index contributed by atoms with van der Waals surface area (Å²) in [5, 5.41) is 3.16. The Balaban J connectivity index is 1.81. The van der Waals surface area contributed by atoms with Crippen LogP contribution in [0.1, 0.15) is 19.4 Å². The van der Waals surface area contributed by atoms with E-state index in [9.17, 15) is 8.42 Å². The topological polar surface area (TPSA) is 77.5 Å². The Morgan fingerprint density at radius 1 is 1.21 bits per heavy atom. The van der Waals surface area contributed by atoms with Gasteiger partial charge in [0.2, 0.25) is 6.79 Å². The molecule has 6 nitrogen and oxygen atoms in total. The minimum absolute atomic E-state index is 0.200. The average molecular weight is 348 g/mol. The molecule has 3 rings (SSSR count). The third kappa shape index (κ3) is 3.31. The van der Waals surface area contributed by atoms with Gasteiger partial charge in [-0.15, -0.1) is 0 Å². The van der Waals surface area contributed by atoms with Crippen molar-refractivity contribution in [2.45, 2.75) is 24.2 Å². The Hall–Kier alpha value is -2.28. The second-order valence-corrected chi connectivity index (χ2v) is 8.41. The number of nitrogens with zero attached hydrogens (tertiary/aromatic N) is 1. The van der Waals surface area contributed by atoms with E-state index in [1.54, 1.807) is 18.3 Å². The molecule has 1 aliphatic rings. The van der Waals surface area contributed by atoms with Crippen LogP contribution < -0.4 is 14.8 Å². The first-order chi connectivity index (χ1) is 11.3. The van der Waals surface area contributed by atoms with Gasteiger partial charge in [0.25, 0.3) is 0 Å². The number of pyridine rings is 1. The van der Waals surface area contributed by atoms with Crippen molar-refractivity contribution >= 4 is 15.7 Å². The highest BCUT2D eigenvalue weighted by atomic mass is 32.2. The molecule has 0 radical (unpaired) electrons. The van der Waals surface area contributed by atoms with Crippen LogP contribution in [-0.2, 0) is 15.3 Å². The van der Waals surface area contributed by atoms with Crippen LogP contribution in [0.3, 0.4) is 0 Å². The van der Waals surface area contributed by atoms with Gasteiger partial charge in [0.15, 0.2) is 21.3 Å². The summed E-state index contributed by atoms with van der Waals surface area (Å²) in [5.41, 5.74) is 0.809. The molecule has 24 heavy (non-hydrogen) atoms. The highest BCUT2D eigenvalue weighted by molar-refractivity contribution is 7.90. The van der Waals surface area contributed by atoms with Crippen LogP contribution in [0.15, 0.2) is 41.4 Å². The Morgan fingerprint density at radius 3 is 2.71 bits per heavy atom. The minimum atomic E-state index is -3.34. The largest absolute Gasteiger partial charge is 0.454 e. The van der Waals surface area contributed by atoms with Gasteiger partial charge in [-0.3, -0.25) is 0 Å². The molecule has 2 heterocycles. The molecule has 1 aromatic carbocycles. The van der Waals surface area contributed by atoms with Gasteiger partial charge in [0, 0.05) is 24.4 Å². The Labute approximate surface area is 141 Å². The van der Waals surface area contributed by atoms with Gasteiger partial charge in [-0.2, -0.15) is 0 Å². The van der Waals surface area contributed by atoms with Crippen molar-refractivity contribution in [1.29, 1.82) is 0 Å². The summed E-state index contributed by atoms with van der Waals surface area (Å²) in [5.74, 6) is 1.84. The van der Waals surface area contributed by atoms with E-state index < -0.39 is 9.84 Å². The van der Waals surface area contributed by atoms with Crippen LogP contribution in [0, 0.1) is 0 Å². The number of aromatic nitrogens is 1. The van der Waals surface area contributed by atoms with Gasteiger partial charge in [-0.05, 0) is 29.8 Å². The number of ether oxygens (including phenoxy) is 2. The van der Waals surface area contributed by atoms with Gasteiger partial charge < -0.3 is 14.8 Å². The van der Waals surface area contributed by atoms with Crippen LogP contribution in [0.2, 0.25) is 0 Å². The molecule has 0 unspecified atom stereocenters. The van der Waals surface area contributed by atoms with Crippen molar-refractivity contribution < 1.29 is 17.9 Å². The fourth-order valence-corrected chi connectivity index (χ4v) is 3.35. The number of sulfone groups is 1. The van der Waals surface area contributed by atoms with Gasteiger partial charge >= 0.3 is 0 Å². The highest BCUT2D eigenvalue weighted by Crippen LogP contribution is 2.36. The number of hydrogen-bond acceptors (Lipinski definition) is 6. The monoisotopic (exact) mass is 348 g/mol. The third-order valence-corrected chi connectivity index (χ3v) is 5.15. The zero-order valence-electron chi connectivity index (χ0n) is 13.9. The van der Waals surface area contributed by atoms with Gasteiger partial charge in [0.05, 0.1) is 0 Å². The third-order valence-electron chi connectivity index (χ3n) is 4.02. The van der Waals surface area contributed by atoms with Gasteiger partial charge in [-0.1, -0.05) is 19.9 Å². The molecular formula is C17H20N2O4S. The molecule has 0 amide bonds. The maximum atomic E-state index is 11.9. The van der Waals surface area contributed by atoms with Crippen molar-refractivity contribution in [3.05, 3.63) is 42.1 Å². The van der Waals surface area contributed by atoms with E-state index in [4.69, 9.17) is 9.47 Å². The fraction of sp³-hybridized carbons (Fsp3) is 0.353.